The minimum Gasteiger partial charge on any atom is -0.493 e. The molecule has 26 heavy (non-hydrogen) atoms. The average molecular weight is 363 g/mol. The zero-order valence-electron chi connectivity index (χ0n) is 16.8. The summed E-state index contributed by atoms with van der Waals surface area (Å²) < 4.78 is 11.0. The molecule has 0 spiro atoms. The largest absolute Gasteiger partial charge is 0.493 e. The van der Waals surface area contributed by atoms with Crippen LogP contribution in [0.3, 0.4) is 0 Å². The molecule has 0 aromatic heterocycles. The highest BCUT2D eigenvalue weighted by atomic mass is 16.5. The Balaban J connectivity index is 1.85. The summed E-state index contributed by atoms with van der Waals surface area (Å²) in [5, 5.41) is 6.95. The summed E-state index contributed by atoms with van der Waals surface area (Å²) >= 11 is 0. The number of nitrogens with zero attached hydrogens (tertiary/aromatic N) is 2. The lowest BCUT2D eigenvalue weighted by Gasteiger charge is -2.35. The minimum absolute atomic E-state index is 0.478. The minimum atomic E-state index is 0.478. The topological polar surface area (TPSA) is 58.1 Å². The van der Waals surface area contributed by atoms with Gasteiger partial charge < -0.3 is 25.0 Å². The molecule has 0 unspecified atom stereocenters. The number of hydrogen-bond donors (Lipinski definition) is 2. The number of benzene rings is 1. The summed E-state index contributed by atoms with van der Waals surface area (Å²) in [4.78, 5) is 6.89. The normalized spacial score (nSPS) is 16.6. The fraction of sp³-hybridized carbons (Fsp3) is 0.650. The first kappa shape index (κ1) is 20.4. The Morgan fingerprint density at radius 3 is 2.58 bits per heavy atom. The van der Waals surface area contributed by atoms with Crippen LogP contribution < -0.4 is 20.1 Å². The van der Waals surface area contributed by atoms with Crippen molar-refractivity contribution in [3.8, 4) is 11.5 Å². The van der Waals surface area contributed by atoms with E-state index in [4.69, 9.17) is 9.47 Å². The Morgan fingerprint density at radius 2 is 2.00 bits per heavy atom. The van der Waals surface area contributed by atoms with Crippen LogP contribution in [0.15, 0.2) is 23.2 Å². The molecule has 1 fully saturated rings. The predicted molar refractivity (Wildman–Crippen MR) is 107 cm³/mol. The lowest BCUT2D eigenvalue weighted by Crippen LogP contribution is -2.49. The van der Waals surface area contributed by atoms with Crippen LogP contribution in [-0.2, 0) is 6.54 Å². The third-order valence-corrected chi connectivity index (χ3v) is 4.81. The number of nitrogens with one attached hydrogen (secondary N) is 2. The molecule has 1 aromatic carbocycles. The van der Waals surface area contributed by atoms with E-state index in [9.17, 15) is 0 Å². The molecule has 1 heterocycles. The maximum absolute atomic E-state index is 5.57. The standard InChI is InChI=1S/C20H34N4O2/c1-6-26-18-8-7-16(13-19(18)25-5)14-22-20(21-4)23-17-9-11-24(12-10-17)15(2)3/h7-8,13,15,17H,6,9-12,14H2,1-5H3,(H2,21,22,23). The van der Waals surface area contributed by atoms with E-state index < -0.39 is 0 Å². The SMILES string of the molecule is CCOc1ccc(CNC(=NC)NC2CCN(C(C)C)CC2)cc1OC. The Morgan fingerprint density at radius 1 is 1.27 bits per heavy atom. The quantitative estimate of drug-likeness (QED) is 0.577. The van der Waals surface area contributed by atoms with E-state index in [0.717, 1.165) is 49.0 Å². The molecule has 0 radical (unpaired) electrons. The van der Waals surface area contributed by atoms with E-state index >= 15 is 0 Å². The van der Waals surface area contributed by atoms with E-state index in [-0.39, 0.29) is 0 Å². The van der Waals surface area contributed by atoms with Crippen molar-refractivity contribution in [3.63, 3.8) is 0 Å². The van der Waals surface area contributed by atoms with Crippen LogP contribution in [0.2, 0.25) is 0 Å². The van der Waals surface area contributed by atoms with Crippen LogP contribution in [0, 0.1) is 0 Å². The number of aliphatic imine (C=N–C) groups is 1. The van der Waals surface area contributed by atoms with Gasteiger partial charge in [0.1, 0.15) is 0 Å². The summed E-state index contributed by atoms with van der Waals surface area (Å²) in [6.45, 7) is 10.1. The molecule has 1 aromatic rings. The molecule has 0 amide bonds. The number of ether oxygens (including phenoxy) is 2. The Bertz CT molecular complexity index is 581. The van der Waals surface area contributed by atoms with Crippen molar-refractivity contribution < 1.29 is 9.47 Å². The van der Waals surface area contributed by atoms with E-state index in [1.54, 1.807) is 7.11 Å². The highest BCUT2D eigenvalue weighted by molar-refractivity contribution is 5.80. The Kier molecular flexibility index (Phi) is 8.04. The molecule has 0 bridgehead atoms. The third-order valence-electron chi connectivity index (χ3n) is 4.81. The second-order valence-corrected chi connectivity index (χ2v) is 6.89. The van der Waals surface area contributed by atoms with Gasteiger partial charge in [-0.15, -0.1) is 0 Å². The van der Waals surface area contributed by atoms with Gasteiger partial charge in [0.05, 0.1) is 13.7 Å². The summed E-state index contributed by atoms with van der Waals surface area (Å²) in [6.07, 6.45) is 2.30. The zero-order valence-corrected chi connectivity index (χ0v) is 16.8. The maximum Gasteiger partial charge on any atom is 0.191 e. The van der Waals surface area contributed by atoms with Crippen molar-refractivity contribution >= 4 is 5.96 Å². The van der Waals surface area contributed by atoms with Crippen molar-refractivity contribution in [3.05, 3.63) is 23.8 Å². The molecule has 146 valence electrons. The molecule has 6 nitrogen and oxygen atoms in total. The van der Waals surface area contributed by atoms with Crippen molar-refractivity contribution in [2.75, 3.05) is 33.9 Å². The number of likely N-dealkylation sites (tertiary alicyclic amines) is 1. The maximum atomic E-state index is 5.57. The first-order valence-corrected chi connectivity index (χ1v) is 9.58. The van der Waals surface area contributed by atoms with Gasteiger partial charge in [0, 0.05) is 38.8 Å². The smallest absolute Gasteiger partial charge is 0.191 e. The van der Waals surface area contributed by atoms with Gasteiger partial charge in [-0.25, -0.2) is 0 Å². The van der Waals surface area contributed by atoms with Gasteiger partial charge >= 0.3 is 0 Å². The lowest BCUT2D eigenvalue weighted by molar-refractivity contribution is 0.167. The molecule has 1 saturated heterocycles. The van der Waals surface area contributed by atoms with Crippen LogP contribution in [-0.4, -0.2) is 56.8 Å². The van der Waals surface area contributed by atoms with Gasteiger partial charge in [-0.1, -0.05) is 6.07 Å². The number of methoxy groups -OCH3 is 1. The summed E-state index contributed by atoms with van der Waals surface area (Å²) in [5.74, 6) is 2.38. The Hall–Kier alpha value is -1.95. The van der Waals surface area contributed by atoms with E-state index in [1.165, 1.54) is 0 Å². The average Bonchev–Trinajstić information content (AvgIpc) is 2.66. The van der Waals surface area contributed by atoms with Crippen LogP contribution in [0.25, 0.3) is 0 Å². The van der Waals surface area contributed by atoms with Gasteiger partial charge in [-0.3, -0.25) is 4.99 Å². The monoisotopic (exact) mass is 362 g/mol. The molecule has 1 aliphatic heterocycles. The van der Waals surface area contributed by atoms with Gasteiger partial charge in [0.15, 0.2) is 17.5 Å². The predicted octanol–water partition coefficient (Wildman–Crippen LogP) is 2.63. The fourth-order valence-corrected chi connectivity index (χ4v) is 3.23. The number of hydrogen-bond acceptors (Lipinski definition) is 4. The van der Waals surface area contributed by atoms with Gasteiger partial charge in [-0.05, 0) is 51.3 Å². The number of piperidine rings is 1. The highest BCUT2D eigenvalue weighted by Gasteiger charge is 2.21. The van der Waals surface area contributed by atoms with Crippen molar-refractivity contribution in [2.45, 2.75) is 52.2 Å². The number of guanidine groups is 1. The van der Waals surface area contributed by atoms with Crippen molar-refractivity contribution in [2.24, 2.45) is 4.99 Å². The van der Waals surface area contributed by atoms with E-state index in [2.05, 4.69) is 40.4 Å². The summed E-state index contributed by atoms with van der Waals surface area (Å²) in [7, 11) is 3.48. The second-order valence-electron chi connectivity index (χ2n) is 6.89. The summed E-state index contributed by atoms with van der Waals surface area (Å²) in [6, 6.07) is 7.12. The molecule has 0 atom stereocenters. The van der Waals surface area contributed by atoms with Gasteiger partial charge in [-0.2, -0.15) is 0 Å². The molecule has 2 rings (SSSR count). The molecule has 2 N–H and O–H groups in total. The summed E-state index contributed by atoms with van der Waals surface area (Å²) in [5.41, 5.74) is 1.13. The van der Waals surface area contributed by atoms with Gasteiger partial charge in [0.2, 0.25) is 0 Å². The first-order valence-electron chi connectivity index (χ1n) is 9.58. The van der Waals surface area contributed by atoms with Crippen LogP contribution >= 0.6 is 0 Å². The van der Waals surface area contributed by atoms with Gasteiger partial charge in [0.25, 0.3) is 0 Å². The molecule has 0 saturated carbocycles. The molecular weight excluding hydrogens is 328 g/mol. The molecule has 6 heteroatoms. The lowest BCUT2D eigenvalue weighted by atomic mass is 10.0. The van der Waals surface area contributed by atoms with E-state index in [1.807, 2.05) is 26.1 Å². The number of rotatable bonds is 7. The van der Waals surface area contributed by atoms with Crippen LogP contribution in [0.1, 0.15) is 39.2 Å². The Labute approximate surface area is 158 Å². The first-order chi connectivity index (χ1) is 12.6. The van der Waals surface area contributed by atoms with E-state index in [0.29, 0.717) is 25.2 Å². The molecule has 0 aliphatic carbocycles. The molecular formula is C20H34N4O2. The molecule has 1 aliphatic rings. The van der Waals surface area contributed by atoms with Crippen molar-refractivity contribution in [1.82, 2.24) is 15.5 Å². The highest BCUT2D eigenvalue weighted by Crippen LogP contribution is 2.27. The van der Waals surface area contributed by atoms with Crippen LogP contribution in [0.4, 0.5) is 0 Å². The van der Waals surface area contributed by atoms with Crippen molar-refractivity contribution in [1.29, 1.82) is 0 Å². The third kappa shape index (κ3) is 5.80. The van der Waals surface area contributed by atoms with Crippen LogP contribution in [0.5, 0.6) is 11.5 Å². The second kappa shape index (κ2) is 10.3. The zero-order chi connectivity index (χ0) is 18.9. The fourth-order valence-electron chi connectivity index (χ4n) is 3.23.